The minimum absolute atomic E-state index is 0.121. The number of benzene rings is 1. The number of anilines is 1. The Labute approximate surface area is 144 Å². The Balaban J connectivity index is 1.91. The van der Waals surface area contributed by atoms with Crippen molar-refractivity contribution < 1.29 is 4.79 Å². The fourth-order valence-electron chi connectivity index (χ4n) is 3.40. The number of hydrogen-bond donors (Lipinski definition) is 0. The second-order valence-electron chi connectivity index (χ2n) is 6.61. The molecule has 0 radical (unpaired) electrons. The fraction of sp³-hybridized carbons (Fsp3) is 0.400. The molecule has 24 heavy (non-hydrogen) atoms. The molecule has 126 valence electrons. The number of pyridine rings is 1. The average molecular weight is 323 g/mol. The Bertz CT molecular complexity index is 712. The molecule has 1 aliphatic heterocycles. The van der Waals surface area contributed by atoms with Crippen LogP contribution in [0.25, 0.3) is 0 Å². The van der Waals surface area contributed by atoms with Crippen molar-refractivity contribution >= 4 is 11.7 Å². The van der Waals surface area contributed by atoms with Crippen LogP contribution in [0.5, 0.6) is 0 Å². The molecule has 0 bridgehead atoms. The molecule has 1 unspecified atom stereocenters. The standard InChI is InChI=1S/C20H25N3O/c1-15-17(12-13-19(21-15)22(2)3)18-11-7-8-14-23(18)20(24)16-9-5-4-6-10-16/h4-6,9-10,12-13,18H,7-8,11,14H2,1-3H3. The van der Waals surface area contributed by atoms with Crippen molar-refractivity contribution in [2.24, 2.45) is 0 Å². The van der Waals surface area contributed by atoms with E-state index < -0.39 is 0 Å². The van der Waals surface area contributed by atoms with Gasteiger partial charge in [0.15, 0.2) is 0 Å². The van der Waals surface area contributed by atoms with E-state index in [1.165, 1.54) is 5.56 Å². The van der Waals surface area contributed by atoms with Crippen LogP contribution in [0, 0.1) is 6.92 Å². The van der Waals surface area contributed by atoms with Gasteiger partial charge >= 0.3 is 0 Å². The molecule has 4 heteroatoms. The van der Waals surface area contributed by atoms with E-state index in [2.05, 4.69) is 6.07 Å². The molecule has 1 fully saturated rings. The van der Waals surface area contributed by atoms with E-state index in [1.807, 2.05) is 67.2 Å². The first-order chi connectivity index (χ1) is 11.6. The quantitative estimate of drug-likeness (QED) is 0.861. The third kappa shape index (κ3) is 3.28. The Kier molecular flexibility index (Phi) is 4.84. The first kappa shape index (κ1) is 16.5. The van der Waals surface area contributed by atoms with Crippen LogP contribution in [0.4, 0.5) is 5.82 Å². The molecule has 1 saturated heterocycles. The highest BCUT2D eigenvalue weighted by Gasteiger charge is 2.30. The number of likely N-dealkylation sites (tertiary alicyclic amines) is 1. The van der Waals surface area contributed by atoms with Crippen LogP contribution in [0.1, 0.15) is 46.9 Å². The van der Waals surface area contributed by atoms with Crippen molar-refractivity contribution in [1.29, 1.82) is 0 Å². The van der Waals surface area contributed by atoms with Crippen LogP contribution >= 0.6 is 0 Å². The Morgan fingerprint density at radius 3 is 2.54 bits per heavy atom. The smallest absolute Gasteiger partial charge is 0.254 e. The Morgan fingerprint density at radius 2 is 1.88 bits per heavy atom. The predicted molar refractivity (Wildman–Crippen MR) is 97.4 cm³/mol. The zero-order valence-electron chi connectivity index (χ0n) is 14.7. The summed E-state index contributed by atoms with van der Waals surface area (Å²) in [4.78, 5) is 21.7. The molecule has 1 aromatic heterocycles. The van der Waals surface area contributed by atoms with Crippen LogP contribution in [-0.4, -0.2) is 36.4 Å². The summed E-state index contributed by atoms with van der Waals surface area (Å²) in [6.07, 6.45) is 3.22. The largest absolute Gasteiger partial charge is 0.363 e. The SMILES string of the molecule is Cc1nc(N(C)C)ccc1C1CCCCN1C(=O)c1ccccc1. The topological polar surface area (TPSA) is 36.4 Å². The normalized spacial score (nSPS) is 17.6. The Morgan fingerprint density at radius 1 is 1.12 bits per heavy atom. The number of piperidine rings is 1. The van der Waals surface area contributed by atoms with E-state index >= 15 is 0 Å². The Hall–Kier alpha value is -2.36. The molecule has 4 nitrogen and oxygen atoms in total. The highest BCUT2D eigenvalue weighted by Crippen LogP contribution is 2.34. The van der Waals surface area contributed by atoms with Crippen molar-refractivity contribution in [3.05, 3.63) is 59.3 Å². The van der Waals surface area contributed by atoms with Gasteiger partial charge in [0.05, 0.1) is 6.04 Å². The highest BCUT2D eigenvalue weighted by atomic mass is 16.2. The number of rotatable bonds is 3. The second kappa shape index (κ2) is 7.04. The summed E-state index contributed by atoms with van der Waals surface area (Å²) in [6.45, 7) is 2.86. The van der Waals surface area contributed by atoms with Gasteiger partial charge < -0.3 is 9.80 Å². The lowest BCUT2D eigenvalue weighted by Crippen LogP contribution is -2.38. The molecular weight excluding hydrogens is 298 g/mol. The summed E-state index contributed by atoms with van der Waals surface area (Å²) in [7, 11) is 3.99. The number of hydrogen-bond acceptors (Lipinski definition) is 3. The van der Waals surface area contributed by atoms with Crippen molar-refractivity contribution in [3.8, 4) is 0 Å². The summed E-state index contributed by atoms with van der Waals surface area (Å²) < 4.78 is 0. The van der Waals surface area contributed by atoms with E-state index in [1.54, 1.807) is 0 Å². The van der Waals surface area contributed by atoms with Gasteiger partial charge in [0.2, 0.25) is 0 Å². The van der Waals surface area contributed by atoms with E-state index in [4.69, 9.17) is 4.98 Å². The first-order valence-corrected chi connectivity index (χ1v) is 8.59. The van der Waals surface area contributed by atoms with Gasteiger partial charge in [0, 0.05) is 31.9 Å². The molecule has 0 aliphatic carbocycles. The van der Waals surface area contributed by atoms with Gasteiger partial charge in [-0.25, -0.2) is 4.98 Å². The third-order valence-corrected chi connectivity index (χ3v) is 4.71. The summed E-state index contributed by atoms with van der Waals surface area (Å²) in [6, 6.07) is 13.9. The van der Waals surface area contributed by atoms with Crippen LogP contribution in [0.15, 0.2) is 42.5 Å². The molecule has 3 rings (SSSR count). The molecule has 1 amide bonds. The number of aromatic nitrogens is 1. The van der Waals surface area contributed by atoms with Crippen molar-refractivity contribution in [3.63, 3.8) is 0 Å². The van der Waals surface area contributed by atoms with Gasteiger partial charge in [-0.1, -0.05) is 24.3 Å². The minimum Gasteiger partial charge on any atom is -0.363 e. The zero-order valence-corrected chi connectivity index (χ0v) is 14.7. The first-order valence-electron chi connectivity index (χ1n) is 8.59. The van der Waals surface area contributed by atoms with Gasteiger partial charge in [-0.05, 0) is 49.9 Å². The van der Waals surface area contributed by atoms with Crippen molar-refractivity contribution in [2.45, 2.75) is 32.2 Å². The lowest BCUT2D eigenvalue weighted by Gasteiger charge is -2.37. The maximum absolute atomic E-state index is 13.0. The van der Waals surface area contributed by atoms with Gasteiger partial charge in [-0.15, -0.1) is 0 Å². The molecule has 1 atom stereocenters. The second-order valence-corrected chi connectivity index (χ2v) is 6.61. The van der Waals surface area contributed by atoms with Gasteiger partial charge in [-0.2, -0.15) is 0 Å². The van der Waals surface area contributed by atoms with Crippen LogP contribution in [0.2, 0.25) is 0 Å². The third-order valence-electron chi connectivity index (χ3n) is 4.71. The molecule has 0 saturated carbocycles. The van der Waals surface area contributed by atoms with Crippen LogP contribution in [-0.2, 0) is 0 Å². The van der Waals surface area contributed by atoms with E-state index in [9.17, 15) is 4.79 Å². The van der Waals surface area contributed by atoms with Crippen LogP contribution < -0.4 is 4.90 Å². The summed E-state index contributed by atoms with van der Waals surface area (Å²) in [5, 5.41) is 0. The van der Waals surface area contributed by atoms with E-state index in [0.29, 0.717) is 0 Å². The van der Waals surface area contributed by atoms with Crippen molar-refractivity contribution in [2.75, 3.05) is 25.5 Å². The molecule has 1 aliphatic rings. The number of aryl methyl sites for hydroxylation is 1. The number of carbonyl (C=O) groups is 1. The molecule has 1 aromatic carbocycles. The van der Waals surface area contributed by atoms with E-state index in [-0.39, 0.29) is 11.9 Å². The average Bonchev–Trinajstić information content (AvgIpc) is 2.62. The monoisotopic (exact) mass is 323 g/mol. The zero-order chi connectivity index (χ0) is 17.1. The number of amides is 1. The molecule has 0 N–H and O–H groups in total. The summed E-state index contributed by atoms with van der Waals surface area (Å²) in [5.41, 5.74) is 2.95. The molecule has 2 aromatic rings. The van der Waals surface area contributed by atoms with Gasteiger partial charge in [0.1, 0.15) is 5.82 Å². The summed E-state index contributed by atoms with van der Waals surface area (Å²) >= 11 is 0. The maximum atomic E-state index is 13.0. The minimum atomic E-state index is 0.121. The summed E-state index contributed by atoms with van der Waals surface area (Å²) in [5.74, 6) is 1.07. The molecule has 2 heterocycles. The van der Waals surface area contributed by atoms with Crippen LogP contribution in [0.3, 0.4) is 0 Å². The highest BCUT2D eigenvalue weighted by molar-refractivity contribution is 5.94. The molecular formula is C20H25N3O. The number of carbonyl (C=O) groups excluding carboxylic acids is 1. The molecule has 0 spiro atoms. The number of nitrogens with zero attached hydrogens (tertiary/aromatic N) is 3. The maximum Gasteiger partial charge on any atom is 0.254 e. The predicted octanol–water partition coefficient (Wildman–Crippen LogP) is 3.82. The van der Waals surface area contributed by atoms with Gasteiger partial charge in [-0.3, -0.25) is 4.79 Å². The van der Waals surface area contributed by atoms with E-state index in [0.717, 1.165) is 42.9 Å². The lowest BCUT2D eigenvalue weighted by molar-refractivity contribution is 0.0610. The van der Waals surface area contributed by atoms with Crippen molar-refractivity contribution in [1.82, 2.24) is 9.88 Å². The fourth-order valence-corrected chi connectivity index (χ4v) is 3.40. The lowest BCUT2D eigenvalue weighted by atomic mass is 9.93. The van der Waals surface area contributed by atoms with Gasteiger partial charge in [0.25, 0.3) is 5.91 Å².